The Kier molecular flexibility index (Phi) is 4.71. The van der Waals surface area contributed by atoms with Crippen molar-refractivity contribution in [1.82, 2.24) is 14.3 Å². The Morgan fingerprint density at radius 3 is 2.40 bits per heavy atom. The molecule has 7 heteroatoms. The topological polar surface area (TPSA) is 66.4 Å². The average Bonchev–Trinajstić information content (AvgIpc) is 3.36. The summed E-state index contributed by atoms with van der Waals surface area (Å²) in [5.74, 6) is 2.54. The standard InChI is InChI=1S/C18H28N4O2S/c1-25(23,24)22(15-4-2-5-15)16-6-3-12-21(13-10-16)17-9-11-19-18(20-17)14-7-8-14/h9,11,14-16H,2-8,10,12-13H2,1H3. The smallest absolute Gasteiger partial charge is 0.211 e. The van der Waals surface area contributed by atoms with E-state index in [2.05, 4.69) is 9.88 Å². The second-order valence-corrected chi connectivity index (χ2v) is 9.68. The third-order valence-corrected chi connectivity index (χ3v) is 7.16. The fraction of sp³-hybridized carbons (Fsp3) is 0.778. The highest BCUT2D eigenvalue weighted by Crippen LogP contribution is 2.38. The molecule has 1 aromatic rings. The zero-order chi connectivity index (χ0) is 17.4. The van der Waals surface area contributed by atoms with Crippen LogP contribution in [-0.4, -0.2) is 54.1 Å². The first kappa shape index (κ1) is 17.2. The van der Waals surface area contributed by atoms with E-state index < -0.39 is 10.0 Å². The van der Waals surface area contributed by atoms with Crippen LogP contribution in [0.5, 0.6) is 0 Å². The molecule has 3 aliphatic rings. The average molecular weight is 365 g/mol. The molecule has 0 spiro atoms. The predicted molar refractivity (Wildman–Crippen MR) is 98.2 cm³/mol. The molecule has 2 heterocycles. The summed E-state index contributed by atoms with van der Waals surface area (Å²) >= 11 is 0. The van der Waals surface area contributed by atoms with Gasteiger partial charge in [-0.15, -0.1) is 0 Å². The lowest BCUT2D eigenvalue weighted by atomic mass is 9.91. The largest absolute Gasteiger partial charge is 0.356 e. The SMILES string of the molecule is CS(=O)(=O)N(C1CCC1)C1CCCN(c2ccnc(C3CC3)n2)CC1. The van der Waals surface area contributed by atoms with Gasteiger partial charge >= 0.3 is 0 Å². The molecule has 0 radical (unpaired) electrons. The Morgan fingerprint density at radius 1 is 1.04 bits per heavy atom. The van der Waals surface area contributed by atoms with Gasteiger partial charge in [0, 0.05) is 37.3 Å². The molecule has 2 aliphatic carbocycles. The minimum atomic E-state index is -3.14. The molecule has 1 unspecified atom stereocenters. The van der Waals surface area contributed by atoms with Crippen LogP contribution in [0.4, 0.5) is 5.82 Å². The molecule has 3 fully saturated rings. The maximum atomic E-state index is 12.3. The van der Waals surface area contributed by atoms with Gasteiger partial charge in [-0.25, -0.2) is 18.4 Å². The van der Waals surface area contributed by atoms with Gasteiger partial charge in [0.25, 0.3) is 0 Å². The number of aromatic nitrogens is 2. The van der Waals surface area contributed by atoms with Crippen LogP contribution in [0.15, 0.2) is 12.3 Å². The van der Waals surface area contributed by atoms with Gasteiger partial charge in [-0.3, -0.25) is 0 Å². The molecule has 1 aromatic heterocycles. The Morgan fingerprint density at radius 2 is 1.76 bits per heavy atom. The molecule has 2 saturated carbocycles. The molecule has 0 amide bonds. The highest BCUT2D eigenvalue weighted by Gasteiger charge is 2.37. The quantitative estimate of drug-likeness (QED) is 0.803. The molecule has 1 saturated heterocycles. The number of sulfonamides is 1. The predicted octanol–water partition coefficient (Wildman–Crippen LogP) is 2.53. The minimum Gasteiger partial charge on any atom is -0.356 e. The van der Waals surface area contributed by atoms with Crippen LogP contribution in [0, 0.1) is 0 Å². The van der Waals surface area contributed by atoms with Gasteiger partial charge in [-0.1, -0.05) is 6.42 Å². The van der Waals surface area contributed by atoms with Crippen molar-refractivity contribution in [3.05, 3.63) is 18.1 Å². The van der Waals surface area contributed by atoms with Crippen molar-refractivity contribution in [3.8, 4) is 0 Å². The number of hydrogen-bond donors (Lipinski definition) is 0. The monoisotopic (exact) mass is 364 g/mol. The normalized spacial score (nSPS) is 25.7. The zero-order valence-electron chi connectivity index (χ0n) is 15.0. The van der Waals surface area contributed by atoms with Crippen molar-refractivity contribution < 1.29 is 8.42 Å². The van der Waals surface area contributed by atoms with E-state index in [4.69, 9.17) is 4.98 Å². The van der Waals surface area contributed by atoms with Crippen LogP contribution in [0.1, 0.15) is 63.1 Å². The summed E-state index contributed by atoms with van der Waals surface area (Å²) < 4.78 is 26.5. The maximum Gasteiger partial charge on any atom is 0.211 e. The van der Waals surface area contributed by atoms with E-state index in [1.807, 2.05) is 16.6 Å². The van der Waals surface area contributed by atoms with E-state index in [0.717, 1.165) is 63.3 Å². The van der Waals surface area contributed by atoms with Crippen molar-refractivity contribution >= 4 is 15.8 Å². The molecule has 0 aromatic carbocycles. The summed E-state index contributed by atoms with van der Waals surface area (Å²) in [7, 11) is -3.14. The highest BCUT2D eigenvalue weighted by molar-refractivity contribution is 7.88. The van der Waals surface area contributed by atoms with Crippen LogP contribution in [0.25, 0.3) is 0 Å². The second-order valence-electron chi connectivity index (χ2n) is 7.80. The van der Waals surface area contributed by atoms with Crippen LogP contribution < -0.4 is 4.90 Å². The minimum absolute atomic E-state index is 0.134. The van der Waals surface area contributed by atoms with Gasteiger partial charge in [0.05, 0.1) is 6.26 Å². The lowest BCUT2D eigenvalue weighted by Crippen LogP contribution is -2.49. The highest BCUT2D eigenvalue weighted by atomic mass is 32.2. The lowest BCUT2D eigenvalue weighted by molar-refractivity contribution is 0.164. The number of nitrogens with zero attached hydrogens (tertiary/aromatic N) is 4. The second kappa shape index (κ2) is 6.83. The van der Waals surface area contributed by atoms with E-state index in [9.17, 15) is 8.42 Å². The zero-order valence-corrected chi connectivity index (χ0v) is 15.8. The summed E-state index contributed by atoms with van der Waals surface area (Å²) in [6.07, 6.45) is 11.7. The Hall–Kier alpha value is -1.21. The molecule has 138 valence electrons. The van der Waals surface area contributed by atoms with Crippen molar-refractivity contribution in [2.24, 2.45) is 0 Å². The van der Waals surface area contributed by atoms with Crippen molar-refractivity contribution in [3.63, 3.8) is 0 Å². The first-order chi connectivity index (χ1) is 12.0. The lowest BCUT2D eigenvalue weighted by Gasteiger charge is -2.40. The van der Waals surface area contributed by atoms with Crippen LogP contribution >= 0.6 is 0 Å². The van der Waals surface area contributed by atoms with E-state index >= 15 is 0 Å². The Bertz CT molecular complexity index is 716. The fourth-order valence-electron chi connectivity index (χ4n) is 4.12. The summed E-state index contributed by atoms with van der Waals surface area (Å²) in [5.41, 5.74) is 0. The number of anilines is 1. The van der Waals surface area contributed by atoms with Gasteiger partial charge in [-0.2, -0.15) is 4.31 Å². The van der Waals surface area contributed by atoms with Gasteiger partial charge in [0.1, 0.15) is 11.6 Å². The van der Waals surface area contributed by atoms with Crippen LogP contribution in [0.2, 0.25) is 0 Å². The molecule has 25 heavy (non-hydrogen) atoms. The van der Waals surface area contributed by atoms with Crippen molar-refractivity contribution in [2.75, 3.05) is 24.2 Å². The van der Waals surface area contributed by atoms with Gasteiger partial charge < -0.3 is 4.90 Å². The molecular formula is C18H28N4O2S. The summed E-state index contributed by atoms with van der Waals surface area (Å²) in [4.78, 5) is 11.5. The van der Waals surface area contributed by atoms with Crippen LogP contribution in [-0.2, 0) is 10.0 Å². The fourth-order valence-corrected chi connectivity index (χ4v) is 5.63. The van der Waals surface area contributed by atoms with E-state index in [1.54, 1.807) is 0 Å². The van der Waals surface area contributed by atoms with Gasteiger partial charge in [0.15, 0.2) is 0 Å². The molecule has 6 nitrogen and oxygen atoms in total. The van der Waals surface area contributed by atoms with Gasteiger partial charge in [-0.05, 0) is 51.0 Å². The summed E-state index contributed by atoms with van der Waals surface area (Å²) in [6.45, 7) is 1.81. The van der Waals surface area contributed by atoms with Crippen molar-refractivity contribution in [2.45, 2.75) is 69.4 Å². The third kappa shape index (κ3) is 3.82. The molecule has 0 bridgehead atoms. The van der Waals surface area contributed by atoms with Gasteiger partial charge in [0.2, 0.25) is 10.0 Å². The van der Waals surface area contributed by atoms with E-state index in [0.29, 0.717) is 5.92 Å². The molecule has 1 atom stereocenters. The maximum absolute atomic E-state index is 12.3. The van der Waals surface area contributed by atoms with Crippen LogP contribution in [0.3, 0.4) is 0 Å². The summed E-state index contributed by atoms with van der Waals surface area (Å²) in [6, 6.07) is 2.36. The third-order valence-electron chi connectivity index (χ3n) is 5.80. The van der Waals surface area contributed by atoms with E-state index in [-0.39, 0.29) is 12.1 Å². The number of rotatable bonds is 5. The summed E-state index contributed by atoms with van der Waals surface area (Å²) in [5, 5.41) is 0. The molecule has 1 aliphatic heterocycles. The Labute approximate surface area is 150 Å². The molecule has 4 rings (SSSR count). The molecule has 0 N–H and O–H groups in total. The Balaban J connectivity index is 1.47. The first-order valence-corrected chi connectivity index (χ1v) is 11.4. The van der Waals surface area contributed by atoms with Crippen molar-refractivity contribution in [1.29, 1.82) is 0 Å². The molecular weight excluding hydrogens is 336 g/mol. The first-order valence-electron chi connectivity index (χ1n) is 9.59. The van der Waals surface area contributed by atoms with E-state index in [1.165, 1.54) is 19.1 Å². The number of hydrogen-bond acceptors (Lipinski definition) is 5.